The van der Waals surface area contributed by atoms with E-state index in [1.807, 2.05) is 6.07 Å². The van der Waals surface area contributed by atoms with E-state index in [-0.39, 0.29) is 0 Å². The lowest BCUT2D eigenvalue weighted by Gasteiger charge is -2.25. The van der Waals surface area contributed by atoms with Gasteiger partial charge in [-0.15, -0.1) is 0 Å². The van der Waals surface area contributed by atoms with E-state index >= 15 is 0 Å². The first kappa shape index (κ1) is 10.5. The zero-order valence-corrected chi connectivity index (χ0v) is 10.4. The van der Waals surface area contributed by atoms with Crippen LogP contribution in [-0.2, 0) is 0 Å². The average Bonchev–Trinajstić information content (AvgIpc) is 2.85. The maximum Gasteiger partial charge on any atom is 0.0426 e. The summed E-state index contributed by atoms with van der Waals surface area (Å²) in [5.41, 5.74) is 2.53. The van der Waals surface area contributed by atoms with Crippen molar-refractivity contribution in [2.75, 3.05) is 5.32 Å². The molecule has 16 heavy (non-hydrogen) atoms. The van der Waals surface area contributed by atoms with Gasteiger partial charge >= 0.3 is 0 Å². The Kier molecular flexibility index (Phi) is 2.59. The van der Waals surface area contributed by atoms with Gasteiger partial charge in [-0.2, -0.15) is 0 Å². The molecule has 0 saturated heterocycles. The summed E-state index contributed by atoms with van der Waals surface area (Å²) in [5, 5.41) is 4.53. The van der Waals surface area contributed by atoms with Crippen molar-refractivity contribution in [1.29, 1.82) is 0 Å². The van der Waals surface area contributed by atoms with Crippen LogP contribution in [0.2, 0.25) is 5.02 Å². The molecule has 0 aliphatic heterocycles. The highest BCUT2D eigenvalue weighted by atomic mass is 35.5. The largest absolute Gasteiger partial charge is 0.382 e. The minimum Gasteiger partial charge on any atom is -0.382 e. The predicted molar refractivity (Wildman–Crippen MR) is 69.0 cm³/mol. The van der Waals surface area contributed by atoms with Gasteiger partial charge in [-0.25, -0.2) is 0 Å². The van der Waals surface area contributed by atoms with Gasteiger partial charge < -0.3 is 5.32 Å². The molecular weight excluding hydrogens is 218 g/mol. The van der Waals surface area contributed by atoms with Crippen molar-refractivity contribution in [1.82, 2.24) is 0 Å². The van der Waals surface area contributed by atoms with Gasteiger partial charge in [0.2, 0.25) is 0 Å². The molecule has 1 N–H and O–H groups in total. The van der Waals surface area contributed by atoms with Crippen LogP contribution in [0.5, 0.6) is 0 Å². The Labute approximate surface area is 102 Å². The SMILES string of the molecule is Cc1ccc(Cl)cc1NC1CC2CCC1C2. The molecule has 2 heteroatoms. The molecule has 2 bridgehead atoms. The first-order valence-electron chi connectivity index (χ1n) is 6.25. The number of halogens is 1. The second-order valence-electron chi connectivity index (χ2n) is 5.38. The van der Waals surface area contributed by atoms with E-state index in [9.17, 15) is 0 Å². The number of anilines is 1. The van der Waals surface area contributed by atoms with E-state index in [1.165, 1.54) is 36.9 Å². The van der Waals surface area contributed by atoms with E-state index in [0.29, 0.717) is 6.04 Å². The van der Waals surface area contributed by atoms with Crippen LogP contribution in [0.1, 0.15) is 31.2 Å². The van der Waals surface area contributed by atoms with Gasteiger partial charge in [-0.1, -0.05) is 24.1 Å². The molecule has 0 amide bonds. The first-order chi connectivity index (χ1) is 7.72. The number of nitrogens with one attached hydrogen (secondary N) is 1. The second kappa shape index (κ2) is 3.96. The normalized spacial score (nSPS) is 32.0. The van der Waals surface area contributed by atoms with Crippen LogP contribution in [0.3, 0.4) is 0 Å². The van der Waals surface area contributed by atoms with Crippen molar-refractivity contribution in [3.63, 3.8) is 0 Å². The minimum atomic E-state index is 0.691. The Morgan fingerprint density at radius 3 is 2.81 bits per heavy atom. The lowest BCUT2D eigenvalue weighted by Crippen LogP contribution is -2.26. The van der Waals surface area contributed by atoms with Crippen molar-refractivity contribution in [3.8, 4) is 0 Å². The lowest BCUT2D eigenvalue weighted by atomic mass is 9.95. The maximum atomic E-state index is 6.04. The highest BCUT2D eigenvalue weighted by Crippen LogP contribution is 2.45. The topological polar surface area (TPSA) is 12.0 Å². The summed E-state index contributed by atoms with van der Waals surface area (Å²) in [6, 6.07) is 6.81. The van der Waals surface area contributed by atoms with Crippen LogP contribution in [0.25, 0.3) is 0 Å². The molecule has 1 aromatic rings. The number of rotatable bonds is 2. The molecule has 1 nitrogen and oxygen atoms in total. The molecule has 2 saturated carbocycles. The molecule has 0 spiro atoms. The molecule has 2 aliphatic carbocycles. The van der Waals surface area contributed by atoms with Gasteiger partial charge in [-0.3, -0.25) is 0 Å². The zero-order valence-electron chi connectivity index (χ0n) is 9.67. The Morgan fingerprint density at radius 1 is 1.25 bits per heavy atom. The molecule has 0 aromatic heterocycles. The zero-order chi connectivity index (χ0) is 11.1. The molecule has 1 aromatic carbocycles. The molecular formula is C14H18ClN. The highest BCUT2D eigenvalue weighted by Gasteiger charge is 2.39. The van der Waals surface area contributed by atoms with E-state index in [4.69, 9.17) is 11.6 Å². The maximum absolute atomic E-state index is 6.04. The van der Waals surface area contributed by atoms with E-state index in [2.05, 4.69) is 24.4 Å². The first-order valence-corrected chi connectivity index (χ1v) is 6.63. The van der Waals surface area contributed by atoms with Crippen molar-refractivity contribution < 1.29 is 0 Å². The fourth-order valence-electron chi connectivity index (χ4n) is 3.37. The Bertz CT molecular complexity index is 402. The molecule has 0 radical (unpaired) electrons. The third-order valence-corrected chi connectivity index (χ3v) is 4.51. The number of fused-ring (bicyclic) bond motifs is 2. The molecule has 3 unspecified atom stereocenters. The third kappa shape index (κ3) is 1.82. The lowest BCUT2D eigenvalue weighted by molar-refractivity contribution is 0.439. The summed E-state index contributed by atoms with van der Waals surface area (Å²) < 4.78 is 0. The van der Waals surface area contributed by atoms with Crippen molar-refractivity contribution in [2.45, 2.75) is 38.6 Å². The smallest absolute Gasteiger partial charge is 0.0426 e. The number of hydrogen-bond donors (Lipinski definition) is 1. The Hall–Kier alpha value is -0.690. The van der Waals surface area contributed by atoms with Crippen LogP contribution in [-0.4, -0.2) is 6.04 Å². The van der Waals surface area contributed by atoms with Gasteiger partial charge in [0.1, 0.15) is 0 Å². The third-order valence-electron chi connectivity index (χ3n) is 4.28. The van der Waals surface area contributed by atoms with Crippen molar-refractivity contribution in [3.05, 3.63) is 28.8 Å². The summed E-state index contributed by atoms with van der Waals surface area (Å²) in [6.07, 6.45) is 5.67. The van der Waals surface area contributed by atoms with Crippen LogP contribution >= 0.6 is 11.6 Å². The standard InChI is InChI=1S/C14H18ClN/c1-9-2-5-12(15)8-13(9)16-14-7-10-3-4-11(14)6-10/h2,5,8,10-11,14,16H,3-4,6-7H2,1H3. The second-order valence-corrected chi connectivity index (χ2v) is 5.82. The summed E-state index contributed by atoms with van der Waals surface area (Å²) >= 11 is 6.04. The van der Waals surface area contributed by atoms with Crippen LogP contribution in [0, 0.1) is 18.8 Å². The van der Waals surface area contributed by atoms with E-state index in [1.54, 1.807) is 0 Å². The fraction of sp³-hybridized carbons (Fsp3) is 0.571. The van der Waals surface area contributed by atoms with Crippen molar-refractivity contribution >= 4 is 17.3 Å². The molecule has 2 aliphatic rings. The predicted octanol–water partition coefficient (Wildman–Crippen LogP) is 4.25. The summed E-state index contributed by atoms with van der Waals surface area (Å²) in [7, 11) is 0. The summed E-state index contributed by atoms with van der Waals surface area (Å²) in [5.74, 6) is 1.89. The quantitative estimate of drug-likeness (QED) is 0.808. The summed E-state index contributed by atoms with van der Waals surface area (Å²) in [6.45, 7) is 2.14. The molecule has 3 atom stereocenters. The van der Waals surface area contributed by atoms with Crippen LogP contribution in [0.15, 0.2) is 18.2 Å². The van der Waals surface area contributed by atoms with Crippen LogP contribution < -0.4 is 5.32 Å². The van der Waals surface area contributed by atoms with Crippen molar-refractivity contribution in [2.24, 2.45) is 11.8 Å². The van der Waals surface area contributed by atoms with Crippen LogP contribution in [0.4, 0.5) is 5.69 Å². The number of aryl methyl sites for hydroxylation is 1. The molecule has 2 fully saturated rings. The fourth-order valence-corrected chi connectivity index (χ4v) is 3.54. The summed E-state index contributed by atoms with van der Waals surface area (Å²) in [4.78, 5) is 0. The minimum absolute atomic E-state index is 0.691. The monoisotopic (exact) mass is 235 g/mol. The van der Waals surface area contributed by atoms with E-state index < -0.39 is 0 Å². The number of hydrogen-bond acceptors (Lipinski definition) is 1. The Morgan fingerprint density at radius 2 is 2.12 bits per heavy atom. The number of benzene rings is 1. The Balaban J connectivity index is 1.76. The molecule has 0 heterocycles. The van der Waals surface area contributed by atoms with Gasteiger partial charge in [0, 0.05) is 16.8 Å². The molecule has 86 valence electrons. The van der Waals surface area contributed by atoms with Gasteiger partial charge in [0.05, 0.1) is 0 Å². The van der Waals surface area contributed by atoms with Gasteiger partial charge in [0.15, 0.2) is 0 Å². The highest BCUT2D eigenvalue weighted by molar-refractivity contribution is 6.30. The molecule has 3 rings (SSSR count). The average molecular weight is 236 g/mol. The van der Waals surface area contributed by atoms with Gasteiger partial charge in [0.25, 0.3) is 0 Å². The van der Waals surface area contributed by atoms with Gasteiger partial charge in [-0.05, 0) is 55.7 Å². The van der Waals surface area contributed by atoms with E-state index in [0.717, 1.165) is 16.9 Å².